The summed E-state index contributed by atoms with van der Waals surface area (Å²) in [5, 5.41) is 1.92. The van der Waals surface area contributed by atoms with E-state index in [0.717, 1.165) is 22.2 Å². The molecule has 1 aliphatic rings. The van der Waals surface area contributed by atoms with Crippen LogP contribution in [0.2, 0.25) is 0 Å². The number of carbonyl (C=O) groups is 1. The van der Waals surface area contributed by atoms with Crippen LogP contribution < -0.4 is 5.73 Å². The van der Waals surface area contributed by atoms with Crippen LogP contribution in [-0.2, 0) is 4.74 Å². The predicted molar refractivity (Wildman–Crippen MR) is 67.9 cm³/mol. The molecule has 0 bridgehead atoms. The summed E-state index contributed by atoms with van der Waals surface area (Å²) in [5.74, 6) is 0.167. The molecule has 1 aromatic rings. The highest BCUT2D eigenvalue weighted by Gasteiger charge is 2.40. The van der Waals surface area contributed by atoms with E-state index in [4.69, 9.17) is 10.5 Å². The summed E-state index contributed by atoms with van der Waals surface area (Å²) >= 11 is 4.88. The van der Waals surface area contributed by atoms with Crippen molar-refractivity contribution in [2.24, 2.45) is 11.1 Å². The van der Waals surface area contributed by atoms with Crippen LogP contribution in [0.4, 0.5) is 0 Å². The van der Waals surface area contributed by atoms with Gasteiger partial charge in [0.1, 0.15) is 0 Å². The number of nitrogens with two attached hydrogens (primary N) is 1. The third-order valence-corrected chi connectivity index (χ3v) is 4.98. The number of ether oxygens (including phenoxy) is 1. The number of ketones is 1. The molecule has 2 rings (SSSR count). The van der Waals surface area contributed by atoms with Gasteiger partial charge < -0.3 is 10.5 Å². The van der Waals surface area contributed by atoms with E-state index in [9.17, 15) is 4.79 Å². The Kier molecular flexibility index (Phi) is 3.79. The van der Waals surface area contributed by atoms with Crippen molar-refractivity contribution in [2.45, 2.75) is 12.8 Å². The van der Waals surface area contributed by atoms with Gasteiger partial charge in [-0.25, -0.2) is 0 Å². The van der Waals surface area contributed by atoms with Crippen LogP contribution in [-0.4, -0.2) is 25.5 Å². The summed E-state index contributed by atoms with van der Waals surface area (Å²) in [5.41, 5.74) is 5.40. The van der Waals surface area contributed by atoms with Crippen molar-refractivity contribution in [3.8, 4) is 0 Å². The molecule has 3 nitrogen and oxygen atoms in total. The minimum Gasteiger partial charge on any atom is -0.381 e. The maximum Gasteiger partial charge on any atom is 0.181 e. The molecule has 0 saturated carbocycles. The molecule has 1 aromatic heterocycles. The zero-order chi connectivity index (χ0) is 11.6. The van der Waals surface area contributed by atoms with Gasteiger partial charge in [-0.2, -0.15) is 0 Å². The summed E-state index contributed by atoms with van der Waals surface area (Å²) in [6.45, 7) is 1.66. The fourth-order valence-electron chi connectivity index (χ4n) is 1.98. The fraction of sp³-hybridized carbons (Fsp3) is 0.545. The average molecular weight is 304 g/mol. The van der Waals surface area contributed by atoms with Crippen LogP contribution in [0.25, 0.3) is 0 Å². The molecule has 0 amide bonds. The van der Waals surface area contributed by atoms with E-state index in [-0.39, 0.29) is 5.78 Å². The summed E-state index contributed by atoms with van der Waals surface area (Å²) in [7, 11) is 0. The van der Waals surface area contributed by atoms with Gasteiger partial charge in [0.15, 0.2) is 5.78 Å². The van der Waals surface area contributed by atoms with Gasteiger partial charge in [0.25, 0.3) is 0 Å². The number of hydrogen-bond donors (Lipinski definition) is 1. The zero-order valence-electron chi connectivity index (χ0n) is 8.87. The van der Waals surface area contributed by atoms with Crippen molar-refractivity contribution >= 4 is 33.0 Å². The van der Waals surface area contributed by atoms with Gasteiger partial charge in [-0.3, -0.25) is 4.79 Å². The van der Waals surface area contributed by atoms with E-state index in [1.54, 1.807) is 0 Å². The van der Waals surface area contributed by atoms with Gasteiger partial charge in [-0.1, -0.05) is 0 Å². The molecule has 1 aliphatic heterocycles. The van der Waals surface area contributed by atoms with Crippen LogP contribution in [0.1, 0.15) is 22.5 Å². The minimum atomic E-state index is -0.411. The van der Waals surface area contributed by atoms with E-state index < -0.39 is 5.41 Å². The molecule has 88 valence electrons. The Hall–Kier alpha value is -0.230. The van der Waals surface area contributed by atoms with Crippen molar-refractivity contribution in [3.63, 3.8) is 0 Å². The molecule has 0 radical (unpaired) electrons. The Morgan fingerprint density at radius 1 is 1.56 bits per heavy atom. The molecule has 2 N–H and O–H groups in total. The topological polar surface area (TPSA) is 52.3 Å². The second-order valence-corrected chi connectivity index (χ2v) is 5.79. The standard InChI is InChI=1S/C11H14BrNO2S/c12-8-1-6-16-9(8)10(14)11(7-13)2-4-15-5-3-11/h1,6H,2-5,7,13H2. The van der Waals surface area contributed by atoms with Crippen LogP contribution >= 0.6 is 27.3 Å². The second kappa shape index (κ2) is 4.96. The molecule has 16 heavy (non-hydrogen) atoms. The molecule has 0 unspecified atom stereocenters. The third kappa shape index (κ3) is 2.09. The number of hydrogen-bond acceptors (Lipinski definition) is 4. The van der Waals surface area contributed by atoms with E-state index in [1.807, 2.05) is 11.4 Å². The lowest BCUT2D eigenvalue weighted by molar-refractivity contribution is 0.0202. The molecule has 0 spiro atoms. The van der Waals surface area contributed by atoms with Crippen molar-refractivity contribution in [2.75, 3.05) is 19.8 Å². The molecular weight excluding hydrogens is 290 g/mol. The summed E-state index contributed by atoms with van der Waals surface area (Å²) in [6.07, 6.45) is 1.46. The number of rotatable bonds is 3. The lowest BCUT2D eigenvalue weighted by atomic mass is 9.76. The van der Waals surface area contributed by atoms with Gasteiger partial charge in [-0.05, 0) is 40.2 Å². The normalized spacial score (nSPS) is 19.6. The minimum absolute atomic E-state index is 0.167. The Labute approximate surface area is 107 Å². The fourth-order valence-corrected chi connectivity index (χ4v) is 3.59. The number of halogens is 1. The Balaban J connectivity index is 2.28. The van der Waals surface area contributed by atoms with Crippen molar-refractivity contribution in [1.29, 1.82) is 0 Å². The maximum atomic E-state index is 12.5. The highest BCUT2D eigenvalue weighted by Crippen LogP contribution is 2.37. The molecule has 5 heteroatoms. The Morgan fingerprint density at radius 2 is 2.25 bits per heavy atom. The predicted octanol–water partition coefficient (Wildman–Crippen LogP) is 2.45. The summed E-state index contributed by atoms with van der Waals surface area (Å²) < 4.78 is 6.18. The van der Waals surface area contributed by atoms with Crippen LogP contribution in [0.3, 0.4) is 0 Å². The van der Waals surface area contributed by atoms with E-state index in [2.05, 4.69) is 15.9 Å². The van der Waals surface area contributed by atoms with Crippen molar-refractivity contribution in [3.05, 3.63) is 20.8 Å². The zero-order valence-corrected chi connectivity index (χ0v) is 11.3. The van der Waals surface area contributed by atoms with Crippen LogP contribution in [0.15, 0.2) is 15.9 Å². The summed E-state index contributed by atoms with van der Waals surface area (Å²) in [6, 6.07) is 1.90. The molecular formula is C11H14BrNO2S. The number of thiophene rings is 1. The molecule has 1 fully saturated rings. The van der Waals surface area contributed by atoms with Crippen molar-refractivity contribution in [1.82, 2.24) is 0 Å². The monoisotopic (exact) mass is 303 g/mol. The van der Waals surface area contributed by atoms with Gasteiger partial charge >= 0.3 is 0 Å². The lowest BCUT2D eigenvalue weighted by Crippen LogP contribution is -2.43. The van der Waals surface area contributed by atoms with Gasteiger partial charge in [-0.15, -0.1) is 11.3 Å². The van der Waals surface area contributed by atoms with Gasteiger partial charge in [0, 0.05) is 24.2 Å². The number of carbonyl (C=O) groups excluding carboxylic acids is 1. The summed E-state index contributed by atoms with van der Waals surface area (Å²) in [4.78, 5) is 13.3. The Morgan fingerprint density at radius 3 is 2.75 bits per heavy atom. The van der Waals surface area contributed by atoms with Crippen molar-refractivity contribution < 1.29 is 9.53 Å². The SMILES string of the molecule is NCC1(C(=O)c2sccc2Br)CCOCC1. The smallest absolute Gasteiger partial charge is 0.181 e. The first-order chi connectivity index (χ1) is 7.69. The third-order valence-electron chi connectivity index (χ3n) is 3.15. The quantitative estimate of drug-likeness (QED) is 0.873. The lowest BCUT2D eigenvalue weighted by Gasteiger charge is -2.34. The molecule has 2 heterocycles. The number of Topliss-reactive ketones (excluding diaryl/α,β-unsaturated/α-hetero) is 1. The van der Waals surface area contributed by atoms with E-state index in [1.165, 1.54) is 11.3 Å². The first kappa shape index (κ1) is 12.2. The van der Waals surface area contributed by atoms with Gasteiger partial charge in [0.05, 0.1) is 10.3 Å². The maximum absolute atomic E-state index is 12.5. The average Bonchev–Trinajstić information content (AvgIpc) is 2.75. The molecule has 0 aromatic carbocycles. The molecule has 1 saturated heterocycles. The second-order valence-electron chi connectivity index (χ2n) is 4.02. The van der Waals surface area contributed by atoms with Crippen LogP contribution in [0, 0.1) is 5.41 Å². The highest BCUT2D eigenvalue weighted by molar-refractivity contribution is 9.10. The van der Waals surface area contributed by atoms with Gasteiger partial charge in [0.2, 0.25) is 0 Å². The highest BCUT2D eigenvalue weighted by atomic mass is 79.9. The van der Waals surface area contributed by atoms with E-state index in [0.29, 0.717) is 19.8 Å². The largest absolute Gasteiger partial charge is 0.381 e. The Bertz CT molecular complexity index is 385. The molecule has 0 atom stereocenters. The molecule has 0 aliphatic carbocycles. The van der Waals surface area contributed by atoms with Crippen LogP contribution in [0.5, 0.6) is 0 Å². The first-order valence-corrected chi connectivity index (χ1v) is 6.92. The van der Waals surface area contributed by atoms with E-state index >= 15 is 0 Å². The first-order valence-electron chi connectivity index (χ1n) is 5.25.